The molecule has 0 unspecified atom stereocenters. The Bertz CT molecular complexity index is 672. The second kappa shape index (κ2) is 6.69. The third-order valence-electron chi connectivity index (χ3n) is 3.88. The number of nitrogens with one attached hydrogen (secondary N) is 1. The highest BCUT2D eigenvalue weighted by atomic mass is 16.5. The molecule has 0 aliphatic rings. The van der Waals surface area contributed by atoms with Crippen LogP contribution in [0.25, 0.3) is 0 Å². The Morgan fingerprint density at radius 3 is 2.55 bits per heavy atom. The van der Waals surface area contributed by atoms with Crippen LogP contribution in [0.4, 0.5) is 0 Å². The summed E-state index contributed by atoms with van der Waals surface area (Å²) in [6.07, 6.45) is 0. The number of amides is 1. The van der Waals surface area contributed by atoms with E-state index < -0.39 is 0 Å². The van der Waals surface area contributed by atoms with Gasteiger partial charge in [0, 0.05) is 29.5 Å². The maximum Gasteiger partial charge on any atom is 0.253 e. The van der Waals surface area contributed by atoms with Crippen LogP contribution in [0.1, 0.15) is 47.2 Å². The van der Waals surface area contributed by atoms with E-state index in [0.29, 0.717) is 12.6 Å². The molecule has 22 heavy (non-hydrogen) atoms. The van der Waals surface area contributed by atoms with Gasteiger partial charge in [-0.2, -0.15) is 0 Å². The monoisotopic (exact) mass is 300 g/mol. The van der Waals surface area contributed by atoms with E-state index in [1.807, 2.05) is 44.2 Å². The number of para-hydroxylation sites is 1. The van der Waals surface area contributed by atoms with Crippen molar-refractivity contribution in [2.75, 3.05) is 7.11 Å². The van der Waals surface area contributed by atoms with Crippen LogP contribution in [0, 0.1) is 13.8 Å². The molecule has 0 radical (unpaired) electrons. The van der Waals surface area contributed by atoms with Gasteiger partial charge in [0.2, 0.25) is 0 Å². The summed E-state index contributed by atoms with van der Waals surface area (Å²) in [5.74, 6) is 0.737. The van der Waals surface area contributed by atoms with Crippen molar-refractivity contribution in [2.45, 2.75) is 40.3 Å². The van der Waals surface area contributed by atoms with Gasteiger partial charge in [-0.3, -0.25) is 4.79 Å². The number of hydrogen-bond acceptors (Lipinski definition) is 2. The first-order valence-electron chi connectivity index (χ1n) is 7.54. The molecule has 2 rings (SSSR count). The van der Waals surface area contributed by atoms with E-state index in [2.05, 4.69) is 23.7 Å². The fourth-order valence-electron chi connectivity index (χ4n) is 2.92. The number of benzene rings is 1. The summed E-state index contributed by atoms with van der Waals surface area (Å²) in [4.78, 5) is 12.5. The Balaban J connectivity index is 2.15. The second-order valence-electron chi connectivity index (χ2n) is 5.74. The first kappa shape index (κ1) is 16.1. The molecule has 1 aromatic carbocycles. The van der Waals surface area contributed by atoms with Gasteiger partial charge < -0.3 is 14.6 Å². The highest BCUT2D eigenvalue weighted by molar-refractivity contribution is 5.95. The summed E-state index contributed by atoms with van der Waals surface area (Å²) in [5, 5.41) is 2.98. The molecule has 4 nitrogen and oxygen atoms in total. The molecule has 1 N–H and O–H groups in total. The van der Waals surface area contributed by atoms with Crippen LogP contribution >= 0.6 is 0 Å². The van der Waals surface area contributed by atoms with E-state index in [1.54, 1.807) is 7.11 Å². The lowest BCUT2D eigenvalue weighted by Gasteiger charge is -2.14. The Kier molecular flexibility index (Phi) is 4.91. The lowest BCUT2D eigenvalue weighted by atomic mass is 10.2. The zero-order chi connectivity index (χ0) is 16.3. The third kappa shape index (κ3) is 3.16. The molecule has 0 bridgehead atoms. The third-order valence-corrected chi connectivity index (χ3v) is 3.88. The van der Waals surface area contributed by atoms with Crippen LogP contribution in [-0.2, 0) is 6.54 Å². The Morgan fingerprint density at radius 2 is 1.95 bits per heavy atom. The van der Waals surface area contributed by atoms with Gasteiger partial charge in [0.15, 0.2) is 0 Å². The van der Waals surface area contributed by atoms with Crippen LogP contribution in [-0.4, -0.2) is 17.6 Å². The maximum absolute atomic E-state index is 12.5. The van der Waals surface area contributed by atoms with Crippen LogP contribution in [0.2, 0.25) is 0 Å². The highest BCUT2D eigenvalue weighted by Crippen LogP contribution is 2.21. The molecular weight excluding hydrogens is 276 g/mol. The minimum absolute atomic E-state index is 0.0501. The van der Waals surface area contributed by atoms with Crippen molar-refractivity contribution < 1.29 is 9.53 Å². The van der Waals surface area contributed by atoms with Gasteiger partial charge in [-0.1, -0.05) is 18.2 Å². The largest absolute Gasteiger partial charge is 0.496 e. The van der Waals surface area contributed by atoms with Gasteiger partial charge >= 0.3 is 0 Å². The molecule has 0 aliphatic carbocycles. The summed E-state index contributed by atoms with van der Waals surface area (Å²) >= 11 is 0. The molecule has 1 amide bonds. The number of ether oxygens (including phenoxy) is 1. The molecule has 0 aliphatic heterocycles. The molecule has 0 atom stereocenters. The summed E-state index contributed by atoms with van der Waals surface area (Å²) in [7, 11) is 1.64. The Morgan fingerprint density at radius 1 is 1.27 bits per heavy atom. The van der Waals surface area contributed by atoms with E-state index in [4.69, 9.17) is 4.74 Å². The number of hydrogen-bond donors (Lipinski definition) is 1. The molecular formula is C18H24N2O2. The van der Waals surface area contributed by atoms with E-state index >= 15 is 0 Å². The minimum Gasteiger partial charge on any atom is -0.496 e. The lowest BCUT2D eigenvalue weighted by Crippen LogP contribution is -2.23. The number of carbonyl (C=O) groups is 1. The molecule has 0 spiro atoms. The van der Waals surface area contributed by atoms with Crippen molar-refractivity contribution in [3.8, 4) is 5.75 Å². The number of aryl methyl sites for hydroxylation is 1. The van der Waals surface area contributed by atoms with Crippen molar-refractivity contribution in [3.63, 3.8) is 0 Å². The molecule has 0 saturated heterocycles. The van der Waals surface area contributed by atoms with Crippen LogP contribution in [0.3, 0.4) is 0 Å². The first-order chi connectivity index (χ1) is 10.5. The Labute approximate surface area is 132 Å². The molecule has 118 valence electrons. The van der Waals surface area contributed by atoms with Gasteiger partial charge in [-0.15, -0.1) is 0 Å². The van der Waals surface area contributed by atoms with Crippen molar-refractivity contribution in [3.05, 3.63) is 52.8 Å². The fourth-order valence-corrected chi connectivity index (χ4v) is 2.92. The second-order valence-corrected chi connectivity index (χ2v) is 5.74. The number of rotatable bonds is 5. The summed E-state index contributed by atoms with van der Waals surface area (Å²) < 4.78 is 7.48. The quantitative estimate of drug-likeness (QED) is 0.916. The predicted octanol–water partition coefficient (Wildman–Crippen LogP) is 3.62. The zero-order valence-corrected chi connectivity index (χ0v) is 13.9. The van der Waals surface area contributed by atoms with Gasteiger partial charge in [0.05, 0.1) is 12.7 Å². The predicted molar refractivity (Wildman–Crippen MR) is 88.5 cm³/mol. The number of methoxy groups -OCH3 is 1. The minimum atomic E-state index is -0.0501. The lowest BCUT2D eigenvalue weighted by molar-refractivity contribution is 0.0950. The summed E-state index contributed by atoms with van der Waals surface area (Å²) in [6, 6.07) is 10.0. The van der Waals surface area contributed by atoms with Crippen LogP contribution in [0.15, 0.2) is 30.3 Å². The zero-order valence-electron chi connectivity index (χ0n) is 13.9. The van der Waals surface area contributed by atoms with E-state index in [-0.39, 0.29) is 5.91 Å². The fraction of sp³-hybridized carbons (Fsp3) is 0.389. The normalized spacial score (nSPS) is 10.8. The average molecular weight is 300 g/mol. The topological polar surface area (TPSA) is 43.3 Å². The van der Waals surface area contributed by atoms with Crippen molar-refractivity contribution >= 4 is 5.91 Å². The smallest absolute Gasteiger partial charge is 0.253 e. The SMILES string of the molecule is COc1ccccc1CNC(=O)c1cc(C)n(C(C)C)c1C. The standard InChI is InChI=1S/C18H24N2O2/c1-12(2)20-13(3)10-16(14(20)4)18(21)19-11-15-8-6-7-9-17(15)22-5/h6-10,12H,11H2,1-5H3,(H,19,21). The number of aromatic nitrogens is 1. The van der Waals surface area contributed by atoms with E-state index in [0.717, 1.165) is 28.3 Å². The van der Waals surface area contributed by atoms with Crippen molar-refractivity contribution in [1.29, 1.82) is 0 Å². The maximum atomic E-state index is 12.5. The van der Waals surface area contributed by atoms with Crippen molar-refractivity contribution in [1.82, 2.24) is 9.88 Å². The molecule has 1 heterocycles. The molecule has 0 saturated carbocycles. The number of nitrogens with zero attached hydrogens (tertiary/aromatic N) is 1. The van der Waals surface area contributed by atoms with Gasteiger partial charge in [0.1, 0.15) is 5.75 Å². The van der Waals surface area contributed by atoms with Gasteiger partial charge in [0.25, 0.3) is 5.91 Å². The Hall–Kier alpha value is -2.23. The summed E-state index contributed by atoms with van der Waals surface area (Å²) in [5.41, 5.74) is 3.82. The van der Waals surface area contributed by atoms with Crippen molar-refractivity contribution in [2.24, 2.45) is 0 Å². The van der Waals surface area contributed by atoms with Crippen LogP contribution in [0.5, 0.6) is 5.75 Å². The average Bonchev–Trinajstić information content (AvgIpc) is 2.80. The van der Waals surface area contributed by atoms with Gasteiger partial charge in [-0.25, -0.2) is 0 Å². The molecule has 1 aromatic heterocycles. The molecule has 0 fully saturated rings. The first-order valence-corrected chi connectivity index (χ1v) is 7.54. The highest BCUT2D eigenvalue weighted by Gasteiger charge is 2.17. The van der Waals surface area contributed by atoms with E-state index in [9.17, 15) is 4.79 Å². The van der Waals surface area contributed by atoms with E-state index in [1.165, 1.54) is 0 Å². The number of carbonyl (C=O) groups excluding carboxylic acids is 1. The molecule has 4 heteroatoms. The van der Waals surface area contributed by atoms with Gasteiger partial charge in [-0.05, 0) is 39.8 Å². The summed E-state index contributed by atoms with van der Waals surface area (Å²) in [6.45, 7) is 8.72. The van der Waals surface area contributed by atoms with Crippen LogP contribution < -0.4 is 10.1 Å². The molecule has 2 aromatic rings.